The van der Waals surface area contributed by atoms with Crippen molar-refractivity contribution in [3.05, 3.63) is 108 Å². The van der Waals surface area contributed by atoms with Crippen molar-refractivity contribution in [2.24, 2.45) is 0 Å². The second kappa shape index (κ2) is 9.16. The molecule has 2 aromatic heterocycles. The van der Waals surface area contributed by atoms with Crippen LogP contribution in [0.3, 0.4) is 0 Å². The van der Waals surface area contributed by atoms with Gasteiger partial charge >= 0.3 is 0 Å². The summed E-state index contributed by atoms with van der Waals surface area (Å²) in [5.74, 6) is 1.44. The van der Waals surface area contributed by atoms with E-state index in [-0.39, 0.29) is 5.91 Å². The fourth-order valence-electron chi connectivity index (χ4n) is 4.70. The molecule has 0 fully saturated rings. The number of nitrogen functional groups attached to an aromatic ring is 1. The number of anilines is 2. The molecule has 0 aliphatic carbocycles. The fraction of sp³-hybridized carbons (Fsp3) is 0.0690. The van der Waals surface area contributed by atoms with Gasteiger partial charge in [0.05, 0.1) is 18.4 Å². The molecule has 37 heavy (non-hydrogen) atoms. The number of aromatic nitrogens is 4. The van der Waals surface area contributed by atoms with Gasteiger partial charge in [-0.2, -0.15) is 14.9 Å². The number of nitrogens with two attached hydrogens (primary N) is 1. The van der Waals surface area contributed by atoms with E-state index in [0.717, 1.165) is 33.6 Å². The largest absolute Gasteiger partial charge is 0.497 e. The van der Waals surface area contributed by atoms with E-state index in [0.29, 0.717) is 35.1 Å². The highest BCUT2D eigenvalue weighted by Crippen LogP contribution is 2.40. The first-order valence-electron chi connectivity index (χ1n) is 11.9. The smallest absolute Gasteiger partial charge is 0.280 e. The molecule has 3 aromatic carbocycles. The van der Waals surface area contributed by atoms with Gasteiger partial charge in [-0.05, 0) is 23.3 Å². The Morgan fingerprint density at radius 1 is 0.919 bits per heavy atom. The van der Waals surface area contributed by atoms with Crippen LogP contribution in [0.25, 0.3) is 28.0 Å². The molecule has 6 rings (SSSR count). The molecule has 8 heteroatoms. The number of aromatic amines is 1. The summed E-state index contributed by atoms with van der Waals surface area (Å²) in [6.45, 7) is 0. The van der Waals surface area contributed by atoms with Gasteiger partial charge in [0.25, 0.3) is 5.91 Å². The lowest BCUT2D eigenvalue weighted by molar-refractivity contribution is 0.0958. The van der Waals surface area contributed by atoms with Crippen molar-refractivity contribution in [1.29, 1.82) is 0 Å². The van der Waals surface area contributed by atoms with E-state index in [2.05, 4.69) is 15.5 Å². The molecule has 182 valence electrons. The lowest BCUT2D eigenvalue weighted by Crippen LogP contribution is -2.26. The second-order valence-electron chi connectivity index (χ2n) is 8.71. The van der Waals surface area contributed by atoms with Crippen molar-refractivity contribution in [2.75, 3.05) is 18.2 Å². The number of carbonyl (C=O) groups is 1. The van der Waals surface area contributed by atoms with Crippen LogP contribution in [0.1, 0.15) is 16.1 Å². The molecule has 0 unspecified atom stereocenters. The minimum absolute atomic E-state index is 0.225. The number of hydrogen-bond donors (Lipinski definition) is 3. The minimum Gasteiger partial charge on any atom is -0.497 e. The van der Waals surface area contributed by atoms with Crippen LogP contribution in [0, 0.1) is 0 Å². The molecule has 0 saturated carbocycles. The number of rotatable bonds is 6. The van der Waals surface area contributed by atoms with E-state index in [4.69, 9.17) is 15.6 Å². The Kier molecular flexibility index (Phi) is 5.54. The van der Waals surface area contributed by atoms with Crippen LogP contribution >= 0.6 is 0 Å². The summed E-state index contributed by atoms with van der Waals surface area (Å²) < 4.78 is 6.86. The highest BCUT2D eigenvalue weighted by Gasteiger charge is 2.33. The number of nitrogens with zero attached hydrogens (tertiary/aromatic N) is 3. The fourth-order valence-corrected chi connectivity index (χ4v) is 4.70. The standard InChI is InChI=1S/C29H24N6O2/c1-37-21-14-12-19(13-15-21)26-22(31-25-17-24(30)32-33-25)16-23-27(18-8-4-2-5-9-18)28(34-35(23)29(26)36)20-10-6-3-7-11-20/h2-15,17H,16H2,1H3,(H4,30,31,32,33). The van der Waals surface area contributed by atoms with Crippen molar-refractivity contribution in [2.45, 2.75) is 6.42 Å². The highest BCUT2D eigenvalue weighted by atomic mass is 16.5. The molecule has 1 aliphatic rings. The predicted molar refractivity (Wildman–Crippen MR) is 144 cm³/mol. The summed E-state index contributed by atoms with van der Waals surface area (Å²) in [6, 6.07) is 29.1. The van der Waals surface area contributed by atoms with E-state index in [9.17, 15) is 4.79 Å². The highest BCUT2D eigenvalue weighted by molar-refractivity contribution is 6.23. The topological polar surface area (TPSA) is 111 Å². The lowest BCUT2D eigenvalue weighted by atomic mass is 9.92. The molecule has 5 aromatic rings. The van der Waals surface area contributed by atoms with Crippen molar-refractivity contribution in [1.82, 2.24) is 20.0 Å². The van der Waals surface area contributed by atoms with Gasteiger partial charge in [-0.15, -0.1) is 0 Å². The molecule has 4 N–H and O–H groups in total. The summed E-state index contributed by atoms with van der Waals surface area (Å²) in [6.07, 6.45) is 0.434. The van der Waals surface area contributed by atoms with Gasteiger partial charge in [-0.3, -0.25) is 9.89 Å². The Morgan fingerprint density at radius 2 is 1.59 bits per heavy atom. The molecule has 8 nitrogen and oxygen atoms in total. The number of benzene rings is 3. The number of methoxy groups -OCH3 is 1. The molecule has 0 atom stereocenters. The van der Waals surface area contributed by atoms with Crippen LogP contribution in [0.15, 0.2) is 96.7 Å². The maximum absolute atomic E-state index is 14.1. The average molecular weight is 489 g/mol. The molecular weight excluding hydrogens is 464 g/mol. The number of H-pyrrole nitrogens is 1. The molecule has 0 radical (unpaired) electrons. The first kappa shape index (κ1) is 22.4. The van der Waals surface area contributed by atoms with Gasteiger partial charge in [0.1, 0.15) is 17.3 Å². The van der Waals surface area contributed by atoms with Crippen molar-refractivity contribution in [3.63, 3.8) is 0 Å². The maximum atomic E-state index is 14.1. The number of fused-ring (bicyclic) bond motifs is 1. The Hall–Kier alpha value is -5.11. The Bertz CT molecular complexity index is 1620. The van der Waals surface area contributed by atoms with Gasteiger partial charge in [0.2, 0.25) is 0 Å². The Balaban J connectivity index is 1.55. The van der Waals surface area contributed by atoms with E-state index < -0.39 is 0 Å². The average Bonchev–Trinajstić information content (AvgIpc) is 3.53. The zero-order chi connectivity index (χ0) is 25.4. The first-order chi connectivity index (χ1) is 18.1. The SMILES string of the molecule is COc1ccc(C2=C(Nc3cc(N)[nH]n3)Cc3c(-c4ccccc4)c(-c4ccccc4)nn3C2=O)cc1. The molecule has 0 saturated heterocycles. The predicted octanol–water partition coefficient (Wildman–Crippen LogP) is 5.25. The normalized spacial score (nSPS) is 12.9. The van der Waals surface area contributed by atoms with Gasteiger partial charge in [-0.1, -0.05) is 72.8 Å². The van der Waals surface area contributed by atoms with Crippen LogP contribution in [0.4, 0.5) is 11.6 Å². The van der Waals surface area contributed by atoms with Gasteiger partial charge in [-0.25, -0.2) is 0 Å². The lowest BCUT2D eigenvalue weighted by Gasteiger charge is -2.22. The number of hydrogen-bond acceptors (Lipinski definition) is 6. The summed E-state index contributed by atoms with van der Waals surface area (Å²) in [5.41, 5.74) is 12.3. The summed E-state index contributed by atoms with van der Waals surface area (Å²) in [7, 11) is 1.61. The minimum atomic E-state index is -0.225. The monoisotopic (exact) mass is 488 g/mol. The number of nitrogens with one attached hydrogen (secondary N) is 2. The van der Waals surface area contributed by atoms with E-state index >= 15 is 0 Å². The Morgan fingerprint density at radius 3 is 2.22 bits per heavy atom. The second-order valence-corrected chi connectivity index (χ2v) is 8.71. The quantitative estimate of drug-likeness (QED) is 0.301. The molecule has 3 heterocycles. The van der Waals surface area contributed by atoms with Crippen molar-refractivity contribution < 1.29 is 9.53 Å². The third kappa shape index (κ3) is 4.04. The van der Waals surface area contributed by atoms with Gasteiger partial charge < -0.3 is 15.8 Å². The van der Waals surface area contributed by atoms with Crippen molar-refractivity contribution in [3.8, 4) is 28.1 Å². The Labute approximate surface area is 213 Å². The zero-order valence-corrected chi connectivity index (χ0v) is 20.1. The summed E-state index contributed by atoms with van der Waals surface area (Å²) in [4.78, 5) is 14.1. The summed E-state index contributed by atoms with van der Waals surface area (Å²) in [5, 5.41) is 15.2. The third-order valence-corrected chi connectivity index (χ3v) is 6.40. The number of allylic oxidation sites excluding steroid dienone is 2. The van der Waals surface area contributed by atoms with Gasteiger partial charge in [0, 0.05) is 29.3 Å². The number of carbonyl (C=O) groups excluding carboxylic acids is 1. The molecular formula is C29H24N6O2. The van der Waals surface area contributed by atoms with Crippen LogP contribution in [0.5, 0.6) is 5.75 Å². The molecule has 0 amide bonds. The van der Waals surface area contributed by atoms with Crippen LogP contribution in [-0.4, -0.2) is 33.0 Å². The van der Waals surface area contributed by atoms with Crippen LogP contribution in [0.2, 0.25) is 0 Å². The molecule has 1 aliphatic heterocycles. The zero-order valence-electron chi connectivity index (χ0n) is 20.1. The third-order valence-electron chi connectivity index (χ3n) is 6.40. The van der Waals surface area contributed by atoms with Crippen LogP contribution < -0.4 is 15.8 Å². The van der Waals surface area contributed by atoms with E-state index in [1.54, 1.807) is 13.2 Å². The summed E-state index contributed by atoms with van der Waals surface area (Å²) >= 11 is 0. The van der Waals surface area contributed by atoms with E-state index in [1.165, 1.54) is 4.68 Å². The van der Waals surface area contributed by atoms with Gasteiger partial charge in [0.15, 0.2) is 5.82 Å². The van der Waals surface area contributed by atoms with Crippen LogP contribution in [-0.2, 0) is 6.42 Å². The first-order valence-corrected chi connectivity index (χ1v) is 11.9. The molecule has 0 spiro atoms. The number of ether oxygens (including phenoxy) is 1. The van der Waals surface area contributed by atoms with Crippen molar-refractivity contribution >= 4 is 23.1 Å². The van der Waals surface area contributed by atoms with E-state index in [1.807, 2.05) is 84.9 Å². The maximum Gasteiger partial charge on any atom is 0.280 e. The molecule has 0 bridgehead atoms.